The zero-order valence-electron chi connectivity index (χ0n) is 13.2. The van der Waals surface area contributed by atoms with E-state index < -0.39 is 5.60 Å². The van der Waals surface area contributed by atoms with Crippen LogP contribution in [-0.2, 0) is 16.1 Å². The van der Waals surface area contributed by atoms with Crippen LogP contribution in [0.15, 0.2) is 23.1 Å². The van der Waals surface area contributed by atoms with Gasteiger partial charge in [0.1, 0.15) is 11.4 Å². The van der Waals surface area contributed by atoms with E-state index in [9.17, 15) is 9.18 Å². The molecule has 0 saturated heterocycles. The van der Waals surface area contributed by atoms with Crippen LogP contribution in [0.2, 0.25) is 0 Å². The highest BCUT2D eigenvalue weighted by Crippen LogP contribution is 2.24. The van der Waals surface area contributed by atoms with E-state index in [0.717, 1.165) is 23.4 Å². The second kappa shape index (κ2) is 8.39. The summed E-state index contributed by atoms with van der Waals surface area (Å²) >= 11 is 1.38. The number of esters is 1. The Kier molecular flexibility index (Phi) is 7.18. The molecule has 0 fully saturated rings. The van der Waals surface area contributed by atoms with Gasteiger partial charge in [-0.25, -0.2) is 4.39 Å². The predicted molar refractivity (Wildman–Crippen MR) is 85.0 cm³/mol. The normalized spacial score (nSPS) is 11.5. The van der Waals surface area contributed by atoms with Crippen molar-refractivity contribution in [2.75, 3.05) is 12.3 Å². The van der Waals surface area contributed by atoms with Crippen molar-refractivity contribution in [2.45, 2.75) is 51.2 Å². The Hall–Kier alpha value is -1.07. The molecule has 0 radical (unpaired) electrons. The standard InChI is InChI=1S/C16H24FNO2S/c1-5-8-18-10-12-9-13(17)6-7-14(12)21-11-15(19)20-16(2,3)4/h6-7,9,18H,5,8,10-11H2,1-4H3. The molecule has 0 aromatic heterocycles. The van der Waals surface area contributed by atoms with Crippen molar-refractivity contribution in [1.29, 1.82) is 0 Å². The number of hydrogen-bond donors (Lipinski definition) is 1. The van der Waals surface area contributed by atoms with E-state index in [1.165, 1.54) is 23.9 Å². The smallest absolute Gasteiger partial charge is 0.316 e. The van der Waals surface area contributed by atoms with Crippen LogP contribution in [0, 0.1) is 5.82 Å². The molecule has 0 unspecified atom stereocenters. The van der Waals surface area contributed by atoms with Gasteiger partial charge in [-0.15, -0.1) is 11.8 Å². The summed E-state index contributed by atoms with van der Waals surface area (Å²) in [6.07, 6.45) is 1.02. The van der Waals surface area contributed by atoms with E-state index in [1.807, 2.05) is 20.8 Å². The summed E-state index contributed by atoms with van der Waals surface area (Å²) in [7, 11) is 0. The molecule has 1 rings (SSSR count). The van der Waals surface area contributed by atoms with Crippen molar-refractivity contribution >= 4 is 17.7 Å². The summed E-state index contributed by atoms with van der Waals surface area (Å²) in [4.78, 5) is 12.6. The van der Waals surface area contributed by atoms with E-state index in [0.29, 0.717) is 6.54 Å². The summed E-state index contributed by atoms with van der Waals surface area (Å²) in [6.45, 7) is 9.08. The van der Waals surface area contributed by atoms with Crippen LogP contribution in [0.4, 0.5) is 4.39 Å². The van der Waals surface area contributed by atoms with Gasteiger partial charge in [-0.2, -0.15) is 0 Å². The molecular weight excluding hydrogens is 289 g/mol. The highest BCUT2D eigenvalue weighted by Gasteiger charge is 2.17. The molecule has 21 heavy (non-hydrogen) atoms. The Morgan fingerprint density at radius 1 is 1.38 bits per heavy atom. The number of rotatable bonds is 7. The van der Waals surface area contributed by atoms with Crippen LogP contribution in [0.1, 0.15) is 39.7 Å². The molecule has 0 saturated carbocycles. The molecule has 1 aromatic carbocycles. The first-order chi connectivity index (χ1) is 9.81. The minimum absolute atomic E-state index is 0.226. The maximum Gasteiger partial charge on any atom is 0.316 e. The van der Waals surface area contributed by atoms with Crippen molar-refractivity contribution in [3.63, 3.8) is 0 Å². The van der Waals surface area contributed by atoms with Gasteiger partial charge in [-0.1, -0.05) is 6.92 Å². The van der Waals surface area contributed by atoms with Gasteiger partial charge in [-0.3, -0.25) is 4.79 Å². The van der Waals surface area contributed by atoms with Crippen LogP contribution in [0.5, 0.6) is 0 Å². The Morgan fingerprint density at radius 3 is 2.71 bits per heavy atom. The highest BCUT2D eigenvalue weighted by atomic mass is 32.2. The monoisotopic (exact) mass is 313 g/mol. The highest BCUT2D eigenvalue weighted by molar-refractivity contribution is 8.00. The molecule has 0 amide bonds. The Bertz CT molecular complexity index is 472. The number of nitrogens with one attached hydrogen (secondary N) is 1. The van der Waals surface area contributed by atoms with Gasteiger partial charge in [0.15, 0.2) is 0 Å². The number of thioether (sulfide) groups is 1. The van der Waals surface area contributed by atoms with Crippen LogP contribution >= 0.6 is 11.8 Å². The van der Waals surface area contributed by atoms with E-state index in [4.69, 9.17) is 4.74 Å². The van der Waals surface area contributed by atoms with Gasteiger partial charge in [0.2, 0.25) is 0 Å². The van der Waals surface area contributed by atoms with Crippen LogP contribution in [0.25, 0.3) is 0 Å². The first kappa shape index (κ1) is 18.0. The lowest BCUT2D eigenvalue weighted by molar-refractivity contribution is -0.151. The minimum Gasteiger partial charge on any atom is -0.459 e. The zero-order valence-corrected chi connectivity index (χ0v) is 14.0. The molecular formula is C16H24FNO2S. The first-order valence-electron chi connectivity index (χ1n) is 7.15. The number of carbonyl (C=O) groups excluding carboxylic acids is 1. The molecule has 0 atom stereocenters. The molecule has 118 valence electrons. The molecule has 5 heteroatoms. The number of benzene rings is 1. The third kappa shape index (κ3) is 7.48. The second-order valence-corrected chi connectivity index (χ2v) is 6.82. The fourth-order valence-corrected chi connectivity index (χ4v) is 2.55. The third-order valence-electron chi connectivity index (χ3n) is 2.53. The molecule has 0 spiro atoms. The summed E-state index contributed by atoms with van der Waals surface area (Å²) in [5.74, 6) is -0.293. The zero-order chi connectivity index (χ0) is 15.9. The lowest BCUT2D eigenvalue weighted by atomic mass is 10.2. The van der Waals surface area contributed by atoms with Crippen molar-refractivity contribution in [3.8, 4) is 0 Å². The lowest BCUT2D eigenvalue weighted by Gasteiger charge is -2.19. The van der Waals surface area contributed by atoms with Gasteiger partial charge in [-0.05, 0) is 57.5 Å². The Balaban J connectivity index is 2.63. The quantitative estimate of drug-likeness (QED) is 0.472. The summed E-state index contributed by atoms with van der Waals surface area (Å²) < 4.78 is 18.6. The topological polar surface area (TPSA) is 38.3 Å². The van der Waals surface area contributed by atoms with E-state index in [-0.39, 0.29) is 17.5 Å². The number of halogens is 1. The fourth-order valence-electron chi connectivity index (χ4n) is 1.73. The SMILES string of the molecule is CCCNCc1cc(F)ccc1SCC(=O)OC(C)(C)C. The maximum absolute atomic E-state index is 13.3. The number of carbonyl (C=O) groups is 1. The summed E-state index contributed by atoms with van der Waals surface area (Å²) in [5, 5.41) is 3.25. The molecule has 1 N–H and O–H groups in total. The molecule has 0 bridgehead atoms. The molecule has 0 aliphatic carbocycles. The molecule has 0 heterocycles. The summed E-state index contributed by atoms with van der Waals surface area (Å²) in [5.41, 5.74) is 0.392. The van der Waals surface area contributed by atoms with Crippen LogP contribution in [-0.4, -0.2) is 23.9 Å². The van der Waals surface area contributed by atoms with Crippen LogP contribution in [0.3, 0.4) is 0 Å². The van der Waals surface area contributed by atoms with Gasteiger partial charge in [0.25, 0.3) is 0 Å². The predicted octanol–water partition coefficient (Wildman–Crippen LogP) is 3.76. The second-order valence-electron chi connectivity index (χ2n) is 5.80. The first-order valence-corrected chi connectivity index (χ1v) is 8.14. The van der Waals surface area contributed by atoms with Crippen molar-refractivity contribution < 1.29 is 13.9 Å². The maximum atomic E-state index is 13.3. The van der Waals surface area contributed by atoms with Crippen molar-refractivity contribution in [2.24, 2.45) is 0 Å². The van der Waals surface area contributed by atoms with Crippen molar-refractivity contribution in [3.05, 3.63) is 29.6 Å². The van der Waals surface area contributed by atoms with E-state index in [1.54, 1.807) is 6.07 Å². The Morgan fingerprint density at radius 2 is 2.10 bits per heavy atom. The van der Waals surface area contributed by atoms with Gasteiger partial charge >= 0.3 is 5.97 Å². The van der Waals surface area contributed by atoms with Gasteiger partial charge in [0, 0.05) is 11.4 Å². The molecule has 1 aromatic rings. The minimum atomic E-state index is -0.480. The molecule has 0 aliphatic heterocycles. The average molecular weight is 313 g/mol. The van der Waals surface area contributed by atoms with Crippen LogP contribution < -0.4 is 5.32 Å². The fraction of sp³-hybridized carbons (Fsp3) is 0.562. The lowest BCUT2D eigenvalue weighted by Crippen LogP contribution is -2.25. The summed E-state index contributed by atoms with van der Waals surface area (Å²) in [6, 6.07) is 4.65. The Labute approximate surface area is 130 Å². The number of hydrogen-bond acceptors (Lipinski definition) is 4. The molecule has 3 nitrogen and oxygen atoms in total. The van der Waals surface area contributed by atoms with E-state index in [2.05, 4.69) is 12.2 Å². The van der Waals surface area contributed by atoms with Gasteiger partial charge in [0.05, 0.1) is 5.75 Å². The van der Waals surface area contributed by atoms with Crippen molar-refractivity contribution in [1.82, 2.24) is 5.32 Å². The third-order valence-corrected chi connectivity index (χ3v) is 3.62. The molecule has 0 aliphatic rings. The largest absolute Gasteiger partial charge is 0.459 e. The average Bonchev–Trinajstić information content (AvgIpc) is 2.36. The van der Waals surface area contributed by atoms with Gasteiger partial charge < -0.3 is 10.1 Å². The number of ether oxygens (including phenoxy) is 1. The van der Waals surface area contributed by atoms with E-state index >= 15 is 0 Å².